The van der Waals surface area contributed by atoms with Crippen molar-refractivity contribution < 1.29 is 9.53 Å². The Morgan fingerprint density at radius 1 is 1.86 bits per heavy atom. The molecule has 1 aromatic heterocycles. The maximum Gasteiger partial charge on any atom is 0.336 e. The van der Waals surface area contributed by atoms with Crippen molar-refractivity contribution in [3.8, 4) is 5.88 Å². The van der Waals surface area contributed by atoms with E-state index in [0.717, 1.165) is 12.6 Å². The third kappa shape index (κ3) is 2.70. The third-order valence-corrected chi connectivity index (χ3v) is 1.65. The minimum absolute atomic E-state index is 0.435. The molecule has 0 bridgehead atoms. The third-order valence-electron chi connectivity index (χ3n) is 1.65. The highest BCUT2D eigenvalue weighted by Crippen LogP contribution is 2.09. The molecule has 1 aromatic rings. The van der Waals surface area contributed by atoms with Crippen molar-refractivity contribution in [3.05, 3.63) is 25.2 Å². The second-order valence-electron chi connectivity index (χ2n) is 2.65. The predicted octanol–water partition coefficient (Wildman–Crippen LogP) is 0.194. The van der Waals surface area contributed by atoms with Gasteiger partial charge in [0, 0.05) is 19.2 Å². The Balaban J connectivity index is 2.62. The molecular weight excluding hydrogens is 182 g/mol. The minimum Gasteiger partial charge on any atom is -0.404 e. The molecule has 0 atom stereocenters. The molecular formula is C9H13N3O2. The van der Waals surface area contributed by atoms with Crippen LogP contribution >= 0.6 is 0 Å². The lowest BCUT2D eigenvalue weighted by atomic mass is 10.6. The molecule has 0 aliphatic carbocycles. The standard InChI is InChI=1S/C9H13N3O2/c1-3-9(13)14-8-6-11-7-12(8)5-4-10-2/h3,6-7,10H,1,4-5H2,2H3. The monoisotopic (exact) mass is 195 g/mol. The van der Waals surface area contributed by atoms with E-state index in [0.29, 0.717) is 12.4 Å². The van der Waals surface area contributed by atoms with Crippen LogP contribution in [0.25, 0.3) is 0 Å². The van der Waals surface area contributed by atoms with Crippen LogP contribution in [0.15, 0.2) is 25.2 Å². The van der Waals surface area contributed by atoms with Gasteiger partial charge in [0.1, 0.15) is 0 Å². The van der Waals surface area contributed by atoms with Crippen LogP contribution in [0, 0.1) is 0 Å². The molecule has 0 saturated carbocycles. The van der Waals surface area contributed by atoms with Crippen molar-refractivity contribution in [2.24, 2.45) is 0 Å². The molecule has 0 aliphatic rings. The number of hydrogen-bond donors (Lipinski definition) is 1. The zero-order valence-electron chi connectivity index (χ0n) is 8.06. The molecule has 0 amide bonds. The SMILES string of the molecule is C=CC(=O)Oc1cncn1CCNC. The Kier molecular flexibility index (Phi) is 3.87. The van der Waals surface area contributed by atoms with Gasteiger partial charge in [0.05, 0.1) is 12.5 Å². The molecule has 0 radical (unpaired) electrons. The first-order valence-corrected chi connectivity index (χ1v) is 4.27. The van der Waals surface area contributed by atoms with Gasteiger partial charge in [-0.05, 0) is 7.05 Å². The first-order valence-electron chi connectivity index (χ1n) is 4.27. The molecule has 14 heavy (non-hydrogen) atoms. The van der Waals surface area contributed by atoms with E-state index in [-0.39, 0.29) is 0 Å². The fourth-order valence-electron chi connectivity index (χ4n) is 0.939. The van der Waals surface area contributed by atoms with Gasteiger partial charge in [-0.1, -0.05) is 6.58 Å². The normalized spacial score (nSPS) is 9.79. The summed E-state index contributed by atoms with van der Waals surface area (Å²) in [7, 11) is 1.85. The van der Waals surface area contributed by atoms with Crippen molar-refractivity contribution in [2.75, 3.05) is 13.6 Å². The largest absolute Gasteiger partial charge is 0.404 e. The van der Waals surface area contributed by atoms with E-state index in [4.69, 9.17) is 4.74 Å². The van der Waals surface area contributed by atoms with Gasteiger partial charge in [0.15, 0.2) is 0 Å². The first-order chi connectivity index (χ1) is 6.77. The van der Waals surface area contributed by atoms with Gasteiger partial charge in [0.2, 0.25) is 5.88 Å². The number of hydrogen-bond acceptors (Lipinski definition) is 4. The number of carbonyl (C=O) groups excluding carboxylic acids is 1. The van der Waals surface area contributed by atoms with Crippen molar-refractivity contribution >= 4 is 5.97 Å². The van der Waals surface area contributed by atoms with Crippen LogP contribution in [-0.4, -0.2) is 29.1 Å². The number of esters is 1. The summed E-state index contributed by atoms with van der Waals surface area (Å²) in [5.41, 5.74) is 0. The lowest BCUT2D eigenvalue weighted by Crippen LogP contribution is -2.16. The van der Waals surface area contributed by atoms with E-state index in [1.807, 2.05) is 7.05 Å². The number of carbonyl (C=O) groups is 1. The maximum atomic E-state index is 10.9. The second kappa shape index (κ2) is 5.18. The van der Waals surface area contributed by atoms with Gasteiger partial charge >= 0.3 is 5.97 Å². The average Bonchev–Trinajstić information content (AvgIpc) is 2.62. The Bertz CT molecular complexity index is 320. The summed E-state index contributed by atoms with van der Waals surface area (Å²) < 4.78 is 6.70. The molecule has 1 rings (SSSR count). The molecule has 0 unspecified atom stereocenters. The van der Waals surface area contributed by atoms with Gasteiger partial charge in [-0.15, -0.1) is 0 Å². The van der Waals surface area contributed by atoms with E-state index < -0.39 is 5.97 Å². The van der Waals surface area contributed by atoms with Crippen LogP contribution in [0.4, 0.5) is 0 Å². The number of likely N-dealkylation sites (N-methyl/N-ethyl adjacent to an activating group) is 1. The van der Waals surface area contributed by atoms with Crippen molar-refractivity contribution in [2.45, 2.75) is 6.54 Å². The fraction of sp³-hybridized carbons (Fsp3) is 0.333. The van der Waals surface area contributed by atoms with Gasteiger partial charge in [-0.25, -0.2) is 9.78 Å². The predicted molar refractivity (Wildman–Crippen MR) is 52.0 cm³/mol. The molecule has 1 heterocycles. The van der Waals surface area contributed by atoms with Crippen LogP contribution in [0.1, 0.15) is 0 Å². The molecule has 0 spiro atoms. The van der Waals surface area contributed by atoms with Crippen molar-refractivity contribution in [3.63, 3.8) is 0 Å². The van der Waals surface area contributed by atoms with Crippen LogP contribution in [0.5, 0.6) is 5.88 Å². The van der Waals surface area contributed by atoms with Crippen molar-refractivity contribution in [1.29, 1.82) is 0 Å². The number of nitrogens with one attached hydrogen (secondary N) is 1. The number of imidazole rings is 1. The van der Waals surface area contributed by atoms with Gasteiger partial charge in [-0.3, -0.25) is 0 Å². The van der Waals surface area contributed by atoms with Gasteiger partial charge in [-0.2, -0.15) is 0 Å². The Morgan fingerprint density at radius 2 is 2.64 bits per heavy atom. The molecule has 0 fully saturated rings. The van der Waals surface area contributed by atoms with Crippen molar-refractivity contribution in [1.82, 2.24) is 14.9 Å². The Hall–Kier alpha value is -1.62. The number of nitrogens with zero attached hydrogens (tertiary/aromatic N) is 2. The molecule has 0 saturated heterocycles. The van der Waals surface area contributed by atoms with Gasteiger partial charge < -0.3 is 14.6 Å². The number of aromatic nitrogens is 2. The molecule has 0 aromatic carbocycles. The highest BCUT2D eigenvalue weighted by molar-refractivity contribution is 5.83. The summed E-state index contributed by atoms with van der Waals surface area (Å²) >= 11 is 0. The Morgan fingerprint density at radius 3 is 3.29 bits per heavy atom. The summed E-state index contributed by atoms with van der Waals surface area (Å²) in [5, 5.41) is 2.99. The molecule has 1 N–H and O–H groups in total. The zero-order chi connectivity index (χ0) is 10.4. The minimum atomic E-state index is -0.476. The maximum absolute atomic E-state index is 10.9. The lowest BCUT2D eigenvalue weighted by molar-refractivity contribution is -0.129. The molecule has 76 valence electrons. The summed E-state index contributed by atoms with van der Waals surface area (Å²) in [4.78, 5) is 14.8. The summed E-state index contributed by atoms with van der Waals surface area (Å²) in [6.45, 7) is 4.81. The van der Waals surface area contributed by atoms with Crippen LogP contribution in [0.2, 0.25) is 0 Å². The van der Waals surface area contributed by atoms with E-state index >= 15 is 0 Å². The summed E-state index contributed by atoms with van der Waals surface area (Å²) in [6, 6.07) is 0. The number of ether oxygens (including phenoxy) is 1. The van der Waals surface area contributed by atoms with Crippen LogP contribution in [0.3, 0.4) is 0 Å². The second-order valence-corrected chi connectivity index (χ2v) is 2.65. The zero-order valence-corrected chi connectivity index (χ0v) is 8.06. The molecule has 0 aliphatic heterocycles. The fourth-order valence-corrected chi connectivity index (χ4v) is 0.939. The summed E-state index contributed by atoms with van der Waals surface area (Å²) in [6.07, 6.45) is 4.23. The number of rotatable bonds is 5. The smallest absolute Gasteiger partial charge is 0.336 e. The molecule has 5 heteroatoms. The van der Waals surface area contributed by atoms with E-state index in [1.165, 1.54) is 6.20 Å². The van der Waals surface area contributed by atoms with Gasteiger partial charge in [0.25, 0.3) is 0 Å². The van der Waals surface area contributed by atoms with E-state index in [9.17, 15) is 4.79 Å². The quantitative estimate of drug-likeness (QED) is 0.538. The molecule has 5 nitrogen and oxygen atoms in total. The topological polar surface area (TPSA) is 56.1 Å². The average molecular weight is 195 g/mol. The van der Waals surface area contributed by atoms with Crippen LogP contribution in [-0.2, 0) is 11.3 Å². The first kappa shape index (κ1) is 10.5. The highest BCUT2D eigenvalue weighted by atomic mass is 16.5. The van der Waals surface area contributed by atoms with E-state index in [2.05, 4.69) is 16.9 Å². The van der Waals surface area contributed by atoms with Crippen LogP contribution < -0.4 is 10.1 Å². The Labute approximate surface area is 82.4 Å². The van der Waals surface area contributed by atoms with E-state index in [1.54, 1.807) is 10.9 Å². The lowest BCUT2D eigenvalue weighted by Gasteiger charge is -2.06. The summed E-state index contributed by atoms with van der Waals surface area (Å²) in [5.74, 6) is -0.0404. The highest BCUT2D eigenvalue weighted by Gasteiger charge is 2.05.